The first-order valence-electron chi connectivity index (χ1n) is 9.99. The quantitative estimate of drug-likeness (QED) is 0.334. The second kappa shape index (κ2) is 9.12. The van der Waals surface area contributed by atoms with Crippen LogP contribution < -0.4 is 21.3 Å². The van der Waals surface area contributed by atoms with E-state index in [1.54, 1.807) is 35.6 Å². The molecular weight excluding hydrogens is 444 g/mol. The summed E-state index contributed by atoms with van der Waals surface area (Å²) >= 11 is 1.65. The number of hydrogen-bond donors (Lipinski definition) is 3. The van der Waals surface area contributed by atoms with Gasteiger partial charge < -0.3 is 10.5 Å². The van der Waals surface area contributed by atoms with E-state index in [1.807, 2.05) is 26.8 Å². The fourth-order valence-corrected chi connectivity index (χ4v) is 4.20. The maximum absolute atomic E-state index is 13.1. The second-order valence-electron chi connectivity index (χ2n) is 7.01. The highest BCUT2D eigenvalue weighted by molar-refractivity contribution is 7.12. The number of nitrogens with one attached hydrogen (secondary N) is 2. The zero-order valence-electron chi connectivity index (χ0n) is 18.2. The van der Waals surface area contributed by atoms with E-state index in [2.05, 4.69) is 38.1 Å². The van der Waals surface area contributed by atoms with Gasteiger partial charge in [0.1, 0.15) is 11.4 Å². The molecule has 0 saturated carbocycles. The first-order chi connectivity index (χ1) is 15.9. The van der Waals surface area contributed by atoms with Gasteiger partial charge in [-0.05, 0) is 61.4 Å². The number of rotatable bonds is 8. The minimum atomic E-state index is -0.522. The number of carbonyl (C=O) groups is 1. The van der Waals surface area contributed by atoms with Gasteiger partial charge >= 0.3 is 0 Å². The van der Waals surface area contributed by atoms with Gasteiger partial charge in [-0.2, -0.15) is 4.68 Å². The van der Waals surface area contributed by atoms with Gasteiger partial charge in [0.05, 0.1) is 12.3 Å². The monoisotopic (exact) mass is 466 g/mol. The Kier molecular flexibility index (Phi) is 6.09. The third-order valence-corrected chi connectivity index (χ3v) is 5.68. The normalized spacial score (nSPS) is 10.8. The summed E-state index contributed by atoms with van der Waals surface area (Å²) < 4.78 is 11.5. The molecule has 12 heteroatoms. The number of aryl methyl sites for hydroxylation is 2. The number of hydrogen-bond acceptors (Lipinski definition) is 10. The van der Waals surface area contributed by atoms with Gasteiger partial charge in [0.25, 0.3) is 5.91 Å². The van der Waals surface area contributed by atoms with Crippen LogP contribution in [0.3, 0.4) is 0 Å². The molecule has 0 aliphatic rings. The molecule has 11 nitrogen and oxygen atoms in total. The zero-order chi connectivity index (χ0) is 23.5. The average Bonchev–Trinajstić information content (AvgIpc) is 3.50. The lowest BCUT2D eigenvalue weighted by Gasteiger charge is -2.11. The van der Waals surface area contributed by atoms with Crippen LogP contribution >= 0.6 is 11.3 Å². The average molecular weight is 467 g/mol. The molecule has 1 amide bonds. The summed E-state index contributed by atoms with van der Waals surface area (Å²) in [7, 11) is 0. The molecule has 33 heavy (non-hydrogen) atoms. The smallest absolute Gasteiger partial charge is 0.292 e. The van der Waals surface area contributed by atoms with E-state index in [0.717, 1.165) is 15.3 Å². The van der Waals surface area contributed by atoms with Gasteiger partial charge in [-0.15, -0.1) is 16.4 Å². The molecule has 0 unspecified atom stereocenters. The Labute approximate surface area is 193 Å². The molecular formula is C21H22N8O3S. The number of nitrogens with two attached hydrogens (primary N) is 1. The van der Waals surface area contributed by atoms with Gasteiger partial charge in [-0.3, -0.25) is 15.6 Å². The van der Waals surface area contributed by atoms with Crippen molar-refractivity contribution in [1.82, 2.24) is 36.2 Å². The topological polar surface area (TPSA) is 146 Å². The summed E-state index contributed by atoms with van der Waals surface area (Å²) in [4.78, 5) is 15.3. The third-order valence-electron chi connectivity index (χ3n) is 4.71. The molecule has 1 aromatic carbocycles. The van der Waals surface area contributed by atoms with Gasteiger partial charge in [-0.25, -0.2) is 4.63 Å². The molecule has 0 aliphatic heterocycles. The summed E-state index contributed by atoms with van der Waals surface area (Å²) in [6, 6.07) is 9.13. The van der Waals surface area contributed by atoms with Crippen molar-refractivity contribution in [3.05, 3.63) is 57.9 Å². The molecule has 3 aromatic heterocycles. The van der Waals surface area contributed by atoms with Crippen LogP contribution in [0.5, 0.6) is 5.75 Å². The molecule has 0 spiro atoms. The van der Waals surface area contributed by atoms with E-state index in [-0.39, 0.29) is 17.3 Å². The lowest BCUT2D eigenvalue weighted by Crippen LogP contribution is -2.36. The van der Waals surface area contributed by atoms with E-state index in [9.17, 15) is 4.79 Å². The van der Waals surface area contributed by atoms with Crippen LogP contribution in [0.15, 0.2) is 41.5 Å². The van der Waals surface area contributed by atoms with Crippen LogP contribution in [-0.2, 0) is 0 Å². The Morgan fingerprint density at radius 3 is 2.61 bits per heavy atom. The Bertz CT molecular complexity index is 1310. The molecule has 3 heterocycles. The van der Waals surface area contributed by atoms with Crippen LogP contribution in [-0.4, -0.2) is 37.8 Å². The van der Waals surface area contributed by atoms with E-state index < -0.39 is 5.91 Å². The molecule has 0 fully saturated rings. The van der Waals surface area contributed by atoms with Gasteiger partial charge in [0.15, 0.2) is 5.69 Å². The number of thiophene rings is 1. The number of amides is 1. The van der Waals surface area contributed by atoms with Crippen molar-refractivity contribution in [2.75, 3.05) is 12.3 Å². The number of nitrogen functional groups attached to an aromatic ring is 1. The number of aromatic nitrogens is 5. The molecule has 4 aromatic rings. The molecule has 0 bridgehead atoms. The highest BCUT2D eigenvalue weighted by atomic mass is 32.1. The highest BCUT2D eigenvalue weighted by Gasteiger charge is 2.25. The third kappa shape index (κ3) is 4.41. The Morgan fingerprint density at radius 2 is 2.00 bits per heavy atom. The van der Waals surface area contributed by atoms with Crippen molar-refractivity contribution in [3.8, 4) is 22.8 Å². The van der Waals surface area contributed by atoms with Crippen molar-refractivity contribution in [3.63, 3.8) is 0 Å². The summed E-state index contributed by atoms with van der Waals surface area (Å²) in [6.07, 6.45) is 0. The Balaban J connectivity index is 1.65. The lowest BCUT2D eigenvalue weighted by molar-refractivity contribution is 0.0938. The first-order valence-corrected chi connectivity index (χ1v) is 10.8. The standard InChI is InChI=1S/C21H22N8O3S/c1-5-31-15-8-6-14(7-9-15)18-17(24-28-29(18)20-19(22)26-32-27-20)21(30)25-23-12(3)16-10-11(2)33-13(16)4/h6-10,23H,3,5H2,1-2,4H3,(H2,22,26)(H,25,30). The van der Waals surface area contributed by atoms with Crippen molar-refractivity contribution >= 4 is 28.8 Å². The SMILES string of the molecule is C=C(NNC(=O)c1nnn(-c2nonc2N)c1-c1ccc(OCC)cc1)c1cc(C)sc1C. The summed E-state index contributed by atoms with van der Waals surface area (Å²) in [6.45, 7) is 10.4. The first kappa shape index (κ1) is 22.0. The number of hydrazine groups is 1. The van der Waals surface area contributed by atoms with Crippen molar-refractivity contribution in [2.45, 2.75) is 20.8 Å². The highest BCUT2D eigenvalue weighted by Crippen LogP contribution is 2.28. The molecule has 4 rings (SSSR count). The van der Waals surface area contributed by atoms with Crippen LogP contribution in [0.1, 0.15) is 32.7 Å². The Hall–Kier alpha value is -4.19. The van der Waals surface area contributed by atoms with E-state index >= 15 is 0 Å². The van der Waals surface area contributed by atoms with Crippen molar-refractivity contribution < 1.29 is 14.2 Å². The molecule has 0 radical (unpaired) electrons. The number of ether oxygens (including phenoxy) is 1. The van der Waals surface area contributed by atoms with E-state index in [4.69, 9.17) is 15.1 Å². The maximum atomic E-state index is 13.1. The van der Waals surface area contributed by atoms with Crippen molar-refractivity contribution in [2.24, 2.45) is 0 Å². The van der Waals surface area contributed by atoms with E-state index in [0.29, 0.717) is 29.3 Å². The number of nitrogens with zero attached hydrogens (tertiary/aromatic N) is 5. The predicted molar refractivity (Wildman–Crippen MR) is 124 cm³/mol. The van der Waals surface area contributed by atoms with Gasteiger partial charge in [-0.1, -0.05) is 11.8 Å². The fraction of sp³-hybridized carbons (Fsp3) is 0.190. The van der Waals surface area contributed by atoms with Crippen molar-refractivity contribution in [1.29, 1.82) is 0 Å². The number of benzene rings is 1. The lowest BCUT2D eigenvalue weighted by atomic mass is 10.1. The molecule has 170 valence electrons. The minimum Gasteiger partial charge on any atom is -0.494 e. The summed E-state index contributed by atoms with van der Waals surface area (Å²) in [5, 5.41) is 15.5. The largest absolute Gasteiger partial charge is 0.494 e. The van der Waals surface area contributed by atoms with Crippen LogP contribution in [0, 0.1) is 13.8 Å². The second-order valence-corrected chi connectivity index (χ2v) is 8.47. The predicted octanol–water partition coefficient (Wildman–Crippen LogP) is 2.88. The summed E-state index contributed by atoms with van der Waals surface area (Å²) in [5.41, 5.74) is 13.9. The fourth-order valence-electron chi connectivity index (χ4n) is 3.24. The molecule has 0 saturated heterocycles. The maximum Gasteiger partial charge on any atom is 0.292 e. The van der Waals surface area contributed by atoms with Crippen LogP contribution in [0.2, 0.25) is 0 Å². The Morgan fingerprint density at radius 1 is 1.24 bits per heavy atom. The molecule has 0 atom stereocenters. The van der Waals surface area contributed by atoms with Crippen LogP contribution in [0.4, 0.5) is 5.82 Å². The number of carbonyl (C=O) groups excluding carboxylic acids is 1. The zero-order valence-corrected chi connectivity index (χ0v) is 19.1. The van der Waals surface area contributed by atoms with Gasteiger partial charge in [0.2, 0.25) is 11.6 Å². The number of anilines is 1. The summed E-state index contributed by atoms with van der Waals surface area (Å²) in [5.74, 6) is 0.292. The minimum absolute atomic E-state index is 0.00819. The van der Waals surface area contributed by atoms with Crippen LogP contribution in [0.25, 0.3) is 22.8 Å². The molecule has 4 N–H and O–H groups in total. The van der Waals surface area contributed by atoms with E-state index in [1.165, 1.54) is 4.68 Å². The molecule has 0 aliphatic carbocycles. The van der Waals surface area contributed by atoms with Gasteiger partial charge in [0, 0.05) is 20.9 Å².